The molecule has 0 aliphatic carbocycles. The predicted octanol–water partition coefficient (Wildman–Crippen LogP) is 1.69. The number of nitrogens with one attached hydrogen (secondary N) is 1. The first-order valence-corrected chi connectivity index (χ1v) is 8.43. The number of amides is 1. The predicted molar refractivity (Wildman–Crippen MR) is 96.6 cm³/mol. The van der Waals surface area contributed by atoms with Crippen LogP contribution in [0, 0.1) is 12.8 Å². The van der Waals surface area contributed by atoms with E-state index in [0.717, 1.165) is 12.0 Å². The van der Waals surface area contributed by atoms with Crippen LogP contribution in [0.4, 0.5) is 0 Å². The van der Waals surface area contributed by atoms with Gasteiger partial charge >= 0.3 is 5.97 Å². The van der Waals surface area contributed by atoms with Crippen molar-refractivity contribution in [2.24, 2.45) is 5.92 Å². The van der Waals surface area contributed by atoms with Crippen molar-refractivity contribution in [1.29, 1.82) is 0 Å². The zero-order valence-electron chi connectivity index (χ0n) is 15.2. The van der Waals surface area contributed by atoms with E-state index in [9.17, 15) is 9.59 Å². The molecule has 2 rings (SSSR count). The second kappa shape index (κ2) is 9.45. The Kier molecular flexibility index (Phi) is 7.02. The van der Waals surface area contributed by atoms with E-state index in [1.807, 2.05) is 30.3 Å². The van der Waals surface area contributed by atoms with Gasteiger partial charge in [-0.15, -0.1) is 5.10 Å². The van der Waals surface area contributed by atoms with E-state index in [0.29, 0.717) is 18.3 Å². The molecule has 0 saturated heterocycles. The summed E-state index contributed by atoms with van der Waals surface area (Å²) in [5.74, 6) is -0.0960. The van der Waals surface area contributed by atoms with E-state index in [-0.39, 0.29) is 18.2 Å². The topological polar surface area (TPSA) is 99.0 Å². The van der Waals surface area contributed by atoms with E-state index in [2.05, 4.69) is 34.7 Å². The molecule has 8 heteroatoms. The Labute approximate surface area is 152 Å². The maximum Gasteiger partial charge on any atom is 0.357 e. The number of benzene rings is 1. The number of esters is 1. The Bertz CT molecular complexity index is 768. The lowest BCUT2D eigenvalue weighted by atomic mass is 10.1. The maximum absolute atomic E-state index is 12.5. The minimum absolute atomic E-state index is 0.133. The number of aryl methyl sites for hydroxylation is 1. The molecule has 0 atom stereocenters. The SMILES string of the molecule is Cc1nnnn1/C(=C\c1ccccc1)C(=O)OCC(=O)NCCC(C)C. The number of rotatable bonds is 8. The van der Waals surface area contributed by atoms with Crippen molar-refractivity contribution in [2.45, 2.75) is 27.2 Å². The van der Waals surface area contributed by atoms with Crippen LogP contribution in [0.2, 0.25) is 0 Å². The minimum Gasteiger partial charge on any atom is -0.451 e. The minimum atomic E-state index is -0.678. The molecule has 8 nitrogen and oxygen atoms in total. The van der Waals surface area contributed by atoms with Crippen molar-refractivity contribution in [1.82, 2.24) is 25.5 Å². The monoisotopic (exact) mass is 357 g/mol. The molecule has 1 N–H and O–H groups in total. The van der Waals surface area contributed by atoms with Crippen molar-refractivity contribution in [3.8, 4) is 0 Å². The first-order chi connectivity index (χ1) is 12.5. The van der Waals surface area contributed by atoms with Gasteiger partial charge in [0.2, 0.25) is 0 Å². The Morgan fingerprint density at radius 1 is 1.27 bits per heavy atom. The van der Waals surface area contributed by atoms with E-state index in [1.165, 1.54) is 4.68 Å². The van der Waals surface area contributed by atoms with Gasteiger partial charge in [0.15, 0.2) is 18.1 Å². The Hall–Kier alpha value is -3.03. The van der Waals surface area contributed by atoms with Crippen molar-refractivity contribution >= 4 is 23.6 Å². The molecule has 0 radical (unpaired) electrons. The molecule has 1 aromatic heterocycles. The molecule has 0 spiro atoms. The number of hydrogen-bond donors (Lipinski definition) is 1. The third-order valence-electron chi connectivity index (χ3n) is 3.54. The summed E-state index contributed by atoms with van der Waals surface area (Å²) in [5.41, 5.74) is 0.921. The highest BCUT2D eigenvalue weighted by molar-refractivity contribution is 6.15. The van der Waals surface area contributed by atoms with Crippen LogP contribution < -0.4 is 5.32 Å². The van der Waals surface area contributed by atoms with Crippen LogP contribution in [-0.4, -0.2) is 45.2 Å². The normalized spacial score (nSPS) is 11.5. The van der Waals surface area contributed by atoms with Gasteiger partial charge in [-0.1, -0.05) is 44.2 Å². The van der Waals surface area contributed by atoms with Gasteiger partial charge in [0, 0.05) is 6.54 Å². The number of tetrazole rings is 1. The summed E-state index contributed by atoms with van der Waals surface area (Å²) < 4.78 is 6.42. The highest BCUT2D eigenvalue weighted by Crippen LogP contribution is 2.13. The van der Waals surface area contributed by atoms with Crippen molar-refractivity contribution in [3.05, 3.63) is 41.7 Å². The third-order valence-corrected chi connectivity index (χ3v) is 3.54. The molecule has 0 aliphatic heterocycles. The molecular weight excluding hydrogens is 334 g/mol. The Morgan fingerprint density at radius 3 is 2.62 bits per heavy atom. The van der Waals surface area contributed by atoms with E-state index >= 15 is 0 Å². The molecule has 0 fully saturated rings. The van der Waals surface area contributed by atoms with Crippen LogP contribution in [0.1, 0.15) is 31.7 Å². The Morgan fingerprint density at radius 2 is 2.00 bits per heavy atom. The highest BCUT2D eigenvalue weighted by atomic mass is 16.5. The number of hydrogen-bond acceptors (Lipinski definition) is 6. The van der Waals surface area contributed by atoms with Gasteiger partial charge < -0.3 is 10.1 Å². The van der Waals surface area contributed by atoms with Crippen molar-refractivity contribution in [2.75, 3.05) is 13.2 Å². The summed E-state index contributed by atoms with van der Waals surface area (Å²) in [6.07, 6.45) is 2.48. The lowest BCUT2D eigenvalue weighted by molar-refractivity contribution is -0.143. The molecule has 138 valence electrons. The highest BCUT2D eigenvalue weighted by Gasteiger charge is 2.18. The summed E-state index contributed by atoms with van der Waals surface area (Å²) in [5, 5.41) is 13.9. The Balaban J connectivity index is 2.06. The summed E-state index contributed by atoms with van der Waals surface area (Å²) in [4.78, 5) is 24.3. The van der Waals surface area contributed by atoms with E-state index in [4.69, 9.17) is 4.74 Å². The largest absolute Gasteiger partial charge is 0.451 e. The van der Waals surface area contributed by atoms with Gasteiger partial charge in [0.1, 0.15) is 0 Å². The lowest BCUT2D eigenvalue weighted by Gasteiger charge is -2.10. The molecule has 26 heavy (non-hydrogen) atoms. The molecule has 0 unspecified atom stereocenters. The summed E-state index contributed by atoms with van der Waals surface area (Å²) in [7, 11) is 0. The lowest BCUT2D eigenvalue weighted by Crippen LogP contribution is -2.30. The zero-order chi connectivity index (χ0) is 18.9. The quantitative estimate of drug-likeness (QED) is 0.570. The third kappa shape index (κ3) is 5.80. The molecule has 0 saturated carbocycles. The molecular formula is C18H23N5O3. The molecule has 1 aromatic carbocycles. The fourth-order valence-electron chi connectivity index (χ4n) is 2.12. The summed E-state index contributed by atoms with van der Waals surface area (Å²) in [6, 6.07) is 9.25. The van der Waals surface area contributed by atoms with Gasteiger partial charge in [0.25, 0.3) is 5.91 Å². The molecule has 1 heterocycles. The van der Waals surface area contributed by atoms with E-state index < -0.39 is 5.97 Å². The van der Waals surface area contributed by atoms with Crippen LogP contribution in [0.25, 0.3) is 11.8 Å². The number of carbonyl (C=O) groups excluding carboxylic acids is 2. The van der Waals surface area contributed by atoms with Gasteiger partial charge in [0.05, 0.1) is 0 Å². The van der Waals surface area contributed by atoms with Crippen LogP contribution in [0.5, 0.6) is 0 Å². The summed E-state index contributed by atoms with van der Waals surface area (Å²) >= 11 is 0. The van der Waals surface area contributed by atoms with Crippen LogP contribution >= 0.6 is 0 Å². The van der Waals surface area contributed by atoms with Gasteiger partial charge in [-0.3, -0.25) is 4.79 Å². The average molecular weight is 357 g/mol. The standard InChI is InChI=1S/C18H23N5O3/c1-13(2)9-10-19-17(24)12-26-18(25)16(23-14(3)20-21-22-23)11-15-7-5-4-6-8-15/h4-8,11,13H,9-10,12H2,1-3H3,(H,19,24)/b16-11-. The number of ether oxygens (including phenoxy) is 1. The molecule has 0 aliphatic rings. The fourth-order valence-corrected chi connectivity index (χ4v) is 2.12. The molecule has 1 amide bonds. The van der Waals surface area contributed by atoms with Gasteiger partial charge in [-0.05, 0) is 41.3 Å². The van der Waals surface area contributed by atoms with Crippen LogP contribution in [-0.2, 0) is 14.3 Å². The number of aromatic nitrogens is 4. The van der Waals surface area contributed by atoms with Crippen LogP contribution in [0.15, 0.2) is 30.3 Å². The van der Waals surface area contributed by atoms with Gasteiger partial charge in [-0.2, -0.15) is 4.68 Å². The van der Waals surface area contributed by atoms with E-state index in [1.54, 1.807) is 13.0 Å². The second-order valence-corrected chi connectivity index (χ2v) is 6.19. The second-order valence-electron chi connectivity index (χ2n) is 6.19. The van der Waals surface area contributed by atoms with Crippen molar-refractivity contribution in [3.63, 3.8) is 0 Å². The summed E-state index contributed by atoms with van der Waals surface area (Å²) in [6.45, 7) is 6.00. The fraction of sp³-hybridized carbons (Fsp3) is 0.389. The first-order valence-electron chi connectivity index (χ1n) is 8.43. The smallest absolute Gasteiger partial charge is 0.357 e. The average Bonchev–Trinajstić information content (AvgIpc) is 3.04. The molecule has 2 aromatic rings. The van der Waals surface area contributed by atoms with Crippen LogP contribution in [0.3, 0.4) is 0 Å². The maximum atomic E-state index is 12.5. The number of nitrogens with zero attached hydrogens (tertiary/aromatic N) is 4. The van der Waals surface area contributed by atoms with Crippen molar-refractivity contribution < 1.29 is 14.3 Å². The number of carbonyl (C=O) groups is 2. The molecule has 0 bridgehead atoms. The van der Waals surface area contributed by atoms with Gasteiger partial charge in [-0.25, -0.2) is 4.79 Å². The zero-order valence-corrected chi connectivity index (χ0v) is 15.2. The first kappa shape index (κ1) is 19.3.